The van der Waals surface area contributed by atoms with Gasteiger partial charge in [-0.15, -0.1) is 0 Å². The van der Waals surface area contributed by atoms with Crippen molar-refractivity contribution in [2.75, 3.05) is 52.4 Å². The molecule has 2 fully saturated rings. The fraction of sp³-hybridized carbons (Fsp3) is 0.923. The molecule has 2 rings (SSSR count). The monoisotopic (exact) mass is 255 g/mol. The van der Waals surface area contributed by atoms with E-state index in [1.54, 1.807) is 0 Å². The zero-order valence-electron chi connectivity index (χ0n) is 11.1. The number of nitrogens with zero attached hydrogens (tertiary/aromatic N) is 2. The molecule has 2 saturated heterocycles. The SMILES string of the molecule is O=C(CN1CCCC(CCO)C1)N1CCNCC1. The van der Waals surface area contributed by atoms with E-state index in [4.69, 9.17) is 5.11 Å². The smallest absolute Gasteiger partial charge is 0.236 e. The summed E-state index contributed by atoms with van der Waals surface area (Å²) in [5.41, 5.74) is 0. The van der Waals surface area contributed by atoms with Crippen molar-refractivity contribution in [3.63, 3.8) is 0 Å². The minimum atomic E-state index is 0.265. The van der Waals surface area contributed by atoms with E-state index >= 15 is 0 Å². The van der Waals surface area contributed by atoms with Gasteiger partial charge in [-0.05, 0) is 31.7 Å². The van der Waals surface area contributed by atoms with E-state index in [0.717, 1.165) is 52.1 Å². The first-order chi connectivity index (χ1) is 8.79. The Morgan fingerprint density at radius 1 is 1.28 bits per heavy atom. The summed E-state index contributed by atoms with van der Waals surface area (Å²) in [7, 11) is 0. The maximum atomic E-state index is 12.1. The summed E-state index contributed by atoms with van der Waals surface area (Å²) >= 11 is 0. The molecule has 5 heteroatoms. The fourth-order valence-electron chi connectivity index (χ4n) is 2.92. The fourth-order valence-corrected chi connectivity index (χ4v) is 2.92. The molecule has 104 valence electrons. The van der Waals surface area contributed by atoms with E-state index in [9.17, 15) is 4.79 Å². The third-order valence-electron chi connectivity index (χ3n) is 3.97. The molecule has 1 unspecified atom stereocenters. The van der Waals surface area contributed by atoms with Gasteiger partial charge >= 0.3 is 0 Å². The number of amides is 1. The van der Waals surface area contributed by atoms with E-state index in [1.165, 1.54) is 6.42 Å². The van der Waals surface area contributed by atoms with Crippen LogP contribution in [0.3, 0.4) is 0 Å². The van der Waals surface area contributed by atoms with E-state index in [1.807, 2.05) is 4.90 Å². The Hall–Kier alpha value is -0.650. The van der Waals surface area contributed by atoms with Gasteiger partial charge in [0.05, 0.1) is 6.54 Å². The van der Waals surface area contributed by atoms with Crippen LogP contribution in [-0.4, -0.2) is 73.2 Å². The van der Waals surface area contributed by atoms with Gasteiger partial charge in [0, 0.05) is 39.3 Å². The van der Waals surface area contributed by atoms with E-state index in [0.29, 0.717) is 12.5 Å². The predicted molar refractivity (Wildman–Crippen MR) is 70.3 cm³/mol. The summed E-state index contributed by atoms with van der Waals surface area (Å²) < 4.78 is 0. The van der Waals surface area contributed by atoms with Crippen LogP contribution in [0.15, 0.2) is 0 Å². The lowest BCUT2D eigenvalue weighted by atomic mass is 9.95. The highest BCUT2D eigenvalue weighted by Gasteiger charge is 2.23. The van der Waals surface area contributed by atoms with E-state index in [2.05, 4.69) is 10.2 Å². The summed E-state index contributed by atoms with van der Waals surface area (Å²) in [5, 5.41) is 12.3. The molecule has 0 spiro atoms. The second-order valence-electron chi connectivity index (χ2n) is 5.39. The maximum Gasteiger partial charge on any atom is 0.236 e. The Bertz CT molecular complexity index is 265. The third kappa shape index (κ3) is 3.93. The highest BCUT2D eigenvalue weighted by atomic mass is 16.3. The molecule has 2 heterocycles. The van der Waals surface area contributed by atoms with Gasteiger partial charge in [0.15, 0.2) is 0 Å². The molecule has 0 aromatic carbocycles. The minimum absolute atomic E-state index is 0.265. The van der Waals surface area contributed by atoms with Crippen LogP contribution in [0.4, 0.5) is 0 Å². The second-order valence-corrected chi connectivity index (χ2v) is 5.39. The number of piperazine rings is 1. The van der Waals surface area contributed by atoms with Crippen molar-refractivity contribution in [2.24, 2.45) is 5.92 Å². The first-order valence-corrected chi connectivity index (χ1v) is 7.11. The molecule has 0 aromatic rings. The molecule has 0 aromatic heterocycles. The van der Waals surface area contributed by atoms with Crippen LogP contribution in [0.25, 0.3) is 0 Å². The predicted octanol–water partition coefficient (Wildman–Crippen LogP) is -0.487. The molecule has 18 heavy (non-hydrogen) atoms. The molecule has 1 atom stereocenters. The molecule has 2 aliphatic heterocycles. The second kappa shape index (κ2) is 7.07. The Morgan fingerprint density at radius 2 is 2.06 bits per heavy atom. The third-order valence-corrected chi connectivity index (χ3v) is 3.97. The summed E-state index contributed by atoms with van der Waals surface area (Å²) in [6.45, 7) is 6.33. The molecule has 5 nitrogen and oxygen atoms in total. The maximum absolute atomic E-state index is 12.1. The minimum Gasteiger partial charge on any atom is -0.396 e. The standard InChI is InChI=1S/C13H25N3O2/c17-9-3-12-2-1-6-15(10-12)11-13(18)16-7-4-14-5-8-16/h12,14,17H,1-11H2. The molecule has 2 N–H and O–H groups in total. The van der Waals surface area contributed by atoms with Gasteiger partial charge in [-0.25, -0.2) is 0 Å². The van der Waals surface area contributed by atoms with Crippen molar-refractivity contribution >= 4 is 5.91 Å². The lowest BCUT2D eigenvalue weighted by Gasteiger charge is -2.34. The number of carbonyl (C=O) groups excluding carboxylic acids is 1. The van der Waals surface area contributed by atoms with Gasteiger partial charge in [0.25, 0.3) is 0 Å². The lowest BCUT2D eigenvalue weighted by Crippen LogP contribution is -2.50. The average Bonchev–Trinajstić information content (AvgIpc) is 2.40. The Balaban J connectivity index is 1.75. The van der Waals surface area contributed by atoms with Gasteiger partial charge in [0.2, 0.25) is 5.91 Å². The summed E-state index contributed by atoms with van der Waals surface area (Å²) in [6.07, 6.45) is 3.22. The van der Waals surface area contributed by atoms with E-state index < -0.39 is 0 Å². The number of carbonyl (C=O) groups is 1. The molecule has 0 radical (unpaired) electrons. The molecule has 0 aliphatic carbocycles. The highest BCUT2D eigenvalue weighted by molar-refractivity contribution is 5.78. The van der Waals surface area contributed by atoms with E-state index in [-0.39, 0.29) is 12.5 Å². The van der Waals surface area contributed by atoms with Crippen LogP contribution in [0, 0.1) is 5.92 Å². The van der Waals surface area contributed by atoms with Crippen molar-refractivity contribution in [3.05, 3.63) is 0 Å². The highest BCUT2D eigenvalue weighted by Crippen LogP contribution is 2.19. The van der Waals surface area contributed by atoms with Crippen molar-refractivity contribution in [1.82, 2.24) is 15.1 Å². The van der Waals surface area contributed by atoms with Crippen molar-refractivity contribution in [1.29, 1.82) is 0 Å². The number of rotatable bonds is 4. The number of nitrogens with one attached hydrogen (secondary N) is 1. The molecule has 0 bridgehead atoms. The van der Waals surface area contributed by atoms with Crippen LogP contribution in [0.1, 0.15) is 19.3 Å². The first kappa shape index (κ1) is 13.8. The first-order valence-electron chi connectivity index (χ1n) is 7.11. The van der Waals surface area contributed by atoms with Crippen LogP contribution < -0.4 is 5.32 Å². The largest absolute Gasteiger partial charge is 0.396 e. The number of hydrogen-bond donors (Lipinski definition) is 2. The van der Waals surface area contributed by atoms with Gasteiger partial charge in [0.1, 0.15) is 0 Å². The number of likely N-dealkylation sites (tertiary alicyclic amines) is 1. The van der Waals surface area contributed by atoms with Crippen LogP contribution >= 0.6 is 0 Å². The molecular weight excluding hydrogens is 230 g/mol. The molecular formula is C13H25N3O2. The van der Waals surface area contributed by atoms with Crippen LogP contribution in [0.2, 0.25) is 0 Å². The van der Waals surface area contributed by atoms with Crippen LogP contribution in [0.5, 0.6) is 0 Å². The number of aliphatic hydroxyl groups excluding tert-OH is 1. The van der Waals surface area contributed by atoms with Crippen LogP contribution in [-0.2, 0) is 4.79 Å². The molecule has 0 saturated carbocycles. The Kier molecular flexibility index (Phi) is 5.41. The molecule has 2 aliphatic rings. The Morgan fingerprint density at radius 3 is 2.78 bits per heavy atom. The average molecular weight is 255 g/mol. The zero-order valence-corrected chi connectivity index (χ0v) is 11.1. The topological polar surface area (TPSA) is 55.8 Å². The van der Waals surface area contributed by atoms with Gasteiger partial charge in [-0.2, -0.15) is 0 Å². The number of aliphatic hydroxyl groups is 1. The Labute approximate surface area is 109 Å². The summed E-state index contributed by atoms with van der Waals surface area (Å²) in [6, 6.07) is 0. The van der Waals surface area contributed by atoms with Gasteiger partial charge in [-0.1, -0.05) is 0 Å². The quantitative estimate of drug-likeness (QED) is 0.712. The van der Waals surface area contributed by atoms with Gasteiger partial charge in [-0.3, -0.25) is 9.69 Å². The summed E-state index contributed by atoms with van der Waals surface area (Å²) in [4.78, 5) is 16.4. The zero-order chi connectivity index (χ0) is 12.8. The lowest BCUT2D eigenvalue weighted by molar-refractivity contribution is -0.133. The number of hydrogen-bond acceptors (Lipinski definition) is 4. The van der Waals surface area contributed by atoms with Crippen molar-refractivity contribution < 1.29 is 9.90 Å². The number of piperidine rings is 1. The van der Waals surface area contributed by atoms with Gasteiger partial charge < -0.3 is 15.3 Å². The molecule has 1 amide bonds. The van der Waals surface area contributed by atoms with Crippen molar-refractivity contribution in [2.45, 2.75) is 19.3 Å². The summed E-state index contributed by atoms with van der Waals surface area (Å²) in [5.74, 6) is 0.834. The normalized spacial score (nSPS) is 26.3. The van der Waals surface area contributed by atoms with Crippen molar-refractivity contribution in [3.8, 4) is 0 Å².